The Hall–Kier alpha value is -1.69. The molecule has 2 aromatic rings. The molecular weight excluding hydrogens is 276 g/mol. The molecular formula is C19H20OS. The highest BCUT2D eigenvalue weighted by atomic mass is 32.2. The highest BCUT2D eigenvalue weighted by Crippen LogP contribution is 2.20. The number of hydrogen-bond donors (Lipinski definition) is 1. The maximum atomic E-state index is 8.69. The first-order valence-corrected chi connectivity index (χ1v) is 8.26. The van der Waals surface area contributed by atoms with Crippen molar-refractivity contribution in [2.75, 3.05) is 6.61 Å². The predicted octanol–water partition coefficient (Wildman–Crippen LogP) is 4.16. The molecule has 0 saturated heterocycles. The first-order valence-electron chi connectivity index (χ1n) is 7.10. The molecule has 0 fully saturated rings. The Labute approximate surface area is 131 Å². The third-order valence-electron chi connectivity index (χ3n) is 3.21. The van der Waals surface area contributed by atoms with E-state index in [2.05, 4.69) is 55.2 Å². The smallest absolute Gasteiger partial charge is 0.0540 e. The fraction of sp³-hybridized carbons (Fsp3) is 0.263. The molecule has 1 nitrogen and oxygen atoms in total. The Morgan fingerprint density at radius 3 is 2.48 bits per heavy atom. The van der Waals surface area contributed by atoms with Crippen LogP contribution in [0.15, 0.2) is 48.5 Å². The van der Waals surface area contributed by atoms with Crippen LogP contribution in [0.3, 0.4) is 0 Å². The zero-order chi connectivity index (χ0) is 14.9. The zero-order valence-electron chi connectivity index (χ0n) is 12.3. The van der Waals surface area contributed by atoms with E-state index >= 15 is 0 Å². The van der Waals surface area contributed by atoms with Gasteiger partial charge in [0.15, 0.2) is 0 Å². The van der Waals surface area contributed by atoms with Crippen LogP contribution in [0.25, 0.3) is 0 Å². The number of rotatable bonds is 5. The van der Waals surface area contributed by atoms with Crippen LogP contribution < -0.4 is 0 Å². The highest BCUT2D eigenvalue weighted by molar-refractivity contribution is 7.97. The number of hydrogen-bond acceptors (Lipinski definition) is 2. The standard InChI is InChI=1S/C19H20OS/c1-16-6-2-3-8-19(16)15-21-14-18-11-9-17(10-12-18)7-4-5-13-20/h2-3,6,8-12,20H,5,13-15H2,1H3. The van der Waals surface area contributed by atoms with E-state index in [1.54, 1.807) is 0 Å². The molecule has 2 rings (SSSR count). The normalized spacial score (nSPS) is 10.0. The lowest BCUT2D eigenvalue weighted by atomic mass is 10.1. The fourth-order valence-corrected chi connectivity index (χ4v) is 3.03. The van der Waals surface area contributed by atoms with Crippen LogP contribution in [0.1, 0.15) is 28.7 Å². The molecule has 21 heavy (non-hydrogen) atoms. The molecule has 0 aliphatic rings. The summed E-state index contributed by atoms with van der Waals surface area (Å²) < 4.78 is 0. The van der Waals surface area contributed by atoms with Gasteiger partial charge in [0.2, 0.25) is 0 Å². The second-order valence-corrected chi connectivity index (χ2v) is 5.88. The first-order chi connectivity index (χ1) is 10.3. The molecule has 0 radical (unpaired) electrons. The Morgan fingerprint density at radius 1 is 1.00 bits per heavy atom. The minimum atomic E-state index is 0.126. The maximum absolute atomic E-state index is 8.69. The van der Waals surface area contributed by atoms with Crippen molar-refractivity contribution in [3.63, 3.8) is 0 Å². The molecule has 0 spiro atoms. The SMILES string of the molecule is Cc1ccccc1CSCc1ccc(C#CCCO)cc1. The van der Waals surface area contributed by atoms with E-state index in [0.717, 1.165) is 17.1 Å². The Kier molecular flexibility index (Phi) is 6.40. The number of thioether (sulfide) groups is 1. The average molecular weight is 296 g/mol. The zero-order valence-corrected chi connectivity index (χ0v) is 13.1. The molecule has 0 aromatic heterocycles. The monoisotopic (exact) mass is 296 g/mol. The number of aryl methyl sites for hydroxylation is 1. The van der Waals surface area contributed by atoms with E-state index in [1.165, 1.54) is 16.7 Å². The molecule has 0 aliphatic heterocycles. The summed E-state index contributed by atoms with van der Waals surface area (Å²) in [5.41, 5.74) is 5.10. The van der Waals surface area contributed by atoms with Crippen molar-refractivity contribution in [3.8, 4) is 11.8 Å². The van der Waals surface area contributed by atoms with Crippen molar-refractivity contribution in [1.29, 1.82) is 0 Å². The van der Waals surface area contributed by atoms with Crippen molar-refractivity contribution in [3.05, 3.63) is 70.8 Å². The lowest BCUT2D eigenvalue weighted by Crippen LogP contribution is -1.87. The van der Waals surface area contributed by atoms with Crippen molar-refractivity contribution >= 4 is 11.8 Å². The van der Waals surface area contributed by atoms with Crippen LogP contribution in [0.5, 0.6) is 0 Å². The van der Waals surface area contributed by atoms with Gasteiger partial charge < -0.3 is 5.11 Å². The van der Waals surface area contributed by atoms with Gasteiger partial charge in [-0.05, 0) is 35.7 Å². The number of aliphatic hydroxyl groups excluding tert-OH is 1. The van der Waals surface area contributed by atoms with Crippen molar-refractivity contribution in [2.24, 2.45) is 0 Å². The lowest BCUT2D eigenvalue weighted by Gasteiger charge is -2.05. The molecule has 2 heteroatoms. The average Bonchev–Trinajstić information content (AvgIpc) is 2.51. The van der Waals surface area contributed by atoms with Gasteiger partial charge in [-0.2, -0.15) is 11.8 Å². The summed E-state index contributed by atoms with van der Waals surface area (Å²) in [5.74, 6) is 8.04. The second-order valence-electron chi connectivity index (χ2n) is 4.89. The molecule has 0 aliphatic carbocycles. The maximum Gasteiger partial charge on any atom is 0.0540 e. The number of aliphatic hydroxyl groups is 1. The largest absolute Gasteiger partial charge is 0.395 e. The van der Waals surface area contributed by atoms with E-state index in [0.29, 0.717) is 6.42 Å². The summed E-state index contributed by atoms with van der Waals surface area (Å²) in [6.07, 6.45) is 0.536. The van der Waals surface area contributed by atoms with Crippen LogP contribution in [-0.4, -0.2) is 11.7 Å². The Balaban J connectivity index is 1.84. The highest BCUT2D eigenvalue weighted by Gasteiger charge is 1.98. The van der Waals surface area contributed by atoms with Gasteiger partial charge in [-0.1, -0.05) is 48.2 Å². The minimum Gasteiger partial charge on any atom is -0.395 e. The predicted molar refractivity (Wildman–Crippen MR) is 91.2 cm³/mol. The van der Waals surface area contributed by atoms with Gasteiger partial charge in [-0.15, -0.1) is 0 Å². The van der Waals surface area contributed by atoms with Crippen LogP contribution in [0.2, 0.25) is 0 Å². The first kappa shape index (κ1) is 15.7. The van der Waals surface area contributed by atoms with Gasteiger partial charge in [0, 0.05) is 23.5 Å². The quantitative estimate of drug-likeness (QED) is 0.836. The molecule has 0 bridgehead atoms. The minimum absolute atomic E-state index is 0.126. The van der Waals surface area contributed by atoms with E-state index in [4.69, 9.17) is 5.11 Å². The lowest BCUT2D eigenvalue weighted by molar-refractivity contribution is 0.305. The third kappa shape index (κ3) is 5.30. The van der Waals surface area contributed by atoms with E-state index in [-0.39, 0.29) is 6.61 Å². The van der Waals surface area contributed by atoms with E-state index < -0.39 is 0 Å². The van der Waals surface area contributed by atoms with Gasteiger partial charge in [-0.3, -0.25) is 0 Å². The van der Waals surface area contributed by atoms with Crippen molar-refractivity contribution in [2.45, 2.75) is 24.9 Å². The van der Waals surface area contributed by atoms with Crippen LogP contribution in [-0.2, 0) is 11.5 Å². The van der Waals surface area contributed by atoms with Gasteiger partial charge in [0.1, 0.15) is 0 Å². The fourth-order valence-electron chi connectivity index (χ4n) is 1.96. The molecule has 1 N–H and O–H groups in total. The summed E-state index contributed by atoms with van der Waals surface area (Å²) in [6.45, 7) is 2.29. The van der Waals surface area contributed by atoms with Crippen LogP contribution >= 0.6 is 11.8 Å². The third-order valence-corrected chi connectivity index (χ3v) is 4.26. The summed E-state index contributed by atoms with van der Waals surface area (Å²) >= 11 is 1.93. The molecule has 0 heterocycles. The van der Waals surface area contributed by atoms with Crippen LogP contribution in [0, 0.1) is 18.8 Å². The van der Waals surface area contributed by atoms with Crippen molar-refractivity contribution in [1.82, 2.24) is 0 Å². The van der Waals surface area contributed by atoms with E-state index in [1.807, 2.05) is 23.9 Å². The van der Waals surface area contributed by atoms with Gasteiger partial charge in [0.25, 0.3) is 0 Å². The molecule has 0 atom stereocenters. The Bertz CT molecular complexity index is 620. The van der Waals surface area contributed by atoms with Gasteiger partial charge >= 0.3 is 0 Å². The summed E-state index contributed by atoms with van der Waals surface area (Å²) in [6, 6.07) is 16.9. The summed E-state index contributed by atoms with van der Waals surface area (Å²) in [5, 5.41) is 8.69. The molecule has 2 aromatic carbocycles. The molecule has 0 unspecified atom stereocenters. The molecule has 0 amide bonds. The molecule has 108 valence electrons. The topological polar surface area (TPSA) is 20.2 Å². The van der Waals surface area contributed by atoms with Crippen molar-refractivity contribution < 1.29 is 5.11 Å². The van der Waals surface area contributed by atoms with Gasteiger partial charge in [0.05, 0.1) is 6.61 Å². The number of benzene rings is 2. The van der Waals surface area contributed by atoms with E-state index in [9.17, 15) is 0 Å². The second kappa shape index (κ2) is 8.56. The van der Waals surface area contributed by atoms with Crippen LogP contribution in [0.4, 0.5) is 0 Å². The summed E-state index contributed by atoms with van der Waals surface area (Å²) in [4.78, 5) is 0. The molecule has 0 saturated carbocycles. The summed E-state index contributed by atoms with van der Waals surface area (Å²) in [7, 11) is 0. The van der Waals surface area contributed by atoms with Gasteiger partial charge in [-0.25, -0.2) is 0 Å². The Morgan fingerprint density at radius 2 is 1.76 bits per heavy atom.